The highest BCUT2D eigenvalue weighted by atomic mass is 32.1. The van der Waals surface area contributed by atoms with Crippen LogP contribution in [0.3, 0.4) is 0 Å². The smallest absolute Gasteiger partial charge is 0.317 e. The van der Waals surface area contributed by atoms with Gasteiger partial charge in [0.1, 0.15) is 5.01 Å². The highest BCUT2D eigenvalue weighted by Crippen LogP contribution is 2.25. The number of carbonyl (C=O) groups is 1. The zero-order chi connectivity index (χ0) is 15.2. The molecule has 1 aromatic heterocycles. The molecule has 0 saturated heterocycles. The number of thiazole rings is 1. The number of hydrogen-bond acceptors (Lipinski definition) is 3. The van der Waals surface area contributed by atoms with Crippen LogP contribution >= 0.6 is 11.3 Å². The summed E-state index contributed by atoms with van der Waals surface area (Å²) >= 11 is 1.58. The number of aromatic nitrogens is 1. The summed E-state index contributed by atoms with van der Waals surface area (Å²) in [5.74, 6) is 0. The third-order valence-corrected chi connectivity index (χ3v) is 4.38. The van der Waals surface area contributed by atoms with Crippen molar-refractivity contribution in [2.45, 2.75) is 26.8 Å². The predicted molar refractivity (Wildman–Crippen MR) is 87.4 cm³/mol. The molecule has 1 aromatic carbocycles. The fraction of sp³-hybridized carbons (Fsp3) is 0.375. The number of urea groups is 1. The Bertz CT molecular complexity index is 578. The van der Waals surface area contributed by atoms with E-state index in [0.29, 0.717) is 13.1 Å². The summed E-state index contributed by atoms with van der Waals surface area (Å²) in [5, 5.41) is 5.96. The first-order valence-electron chi connectivity index (χ1n) is 7.22. The van der Waals surface area contributed by atoms with Crippen molar-refractivity contribution < 1.29 is 4.79 Å². The summed E-state index contributed by atoms with van der Waals surface area (Å²) in [6.07, 6.45) is 0. The fourth-order valence-corrected chi connectivity index (χ4v) is 2.91. The lowest BCUT2D eigenvalue weighted by atomic mass is 10.2. The molecular formula is C16H21N3OS. The Morgan fingerprint density at radius 3 is 2.57 bits per heavy atom. The number of nitrogens with zero attached hydrogens (tertiary/aromatic N) is 2. The highest BCUT2D eigenvalue weighted by molar-refractivity contribution is 7.10. The molecule has 0 aliphatic carbocycles. The van der Waals surface area contributed by atoms with Crippen molar-refractivity contribution in [2.24, 2.45) is 0 Å². The van der Waals surface area contributed by atoms with Gasteiger partial charge in [-0.3, -0.25) is 0 Å². The molecular weight excluding hydrogens is 282 g/mol. The van der Waals surface area contributed by atoms with Gasteiger partial charge < -0.3 is 10.2 Å². The number of benzene rings is 1. The second-order valence-corrected chi connectivity index (χ2v) is 5.67. The Labute approximate surface area is 129 Å². The van der Waals surface area contributed by atoms with Crippen LogP contribution in [0.4, 0.5) is 4.79 Å². The first-order chi connectivity index (χ1) is 10.2. The van der Waals surface area contributed by atoms with E-state index in [-0.39, 0.29) is 12.1 Å². The molecule has 1 unspecified atom stereocenters. The normalized spacial score (nSPS) is 12.0. The van der Waals surface area contributed by atoms with Crippen LogP contribution in [0.1, 0.15) is 31.8 Å². The summed E-state index contributed by atoms with van der Waals surface area (Å²) in [6, 6.07) is 9.95. The molecule has 2 amide bonds. The molecule has 112 valence electrons. The first kappa shape index (κ1) is 15.5. The quantitative estimate of drug-likeness (QED) is 0.910. The van der Waals surface area contributed by atoms with Gasteiger partial charge in [-0.25, -0.2) is 9.78 Å². The van der Waals surface area contributed by atoms with Crippen LogP contribution in [0.25, 0.3) is 11.3 Å². The highest BCUT2D eigenvalue weighted by Gasteiger charge is 2.16. The van der Waals surface area contributed by atoms with E-state index >= 15 is 0 Å². The monoisotopic (exact) mass is 303 g/mol. The van der Waals surface area contributed by atoms with Gasteiger partial charge in [0.25, 0.3) is 0 Å². The summed E-state index contributed by atoms with van der Waals surface area (Å²) in [4.78, 5) is 18.5. The molecule has 0 aliphatic rings. The Morgan fingerprint density at radius 1 is 1.29 bits per heavy atom. The number of carbonyl (C=O) groups excluding carboxylic acids is 1. The maximum absolute atomic E-state index is 12.1. The van der Waals surface area contributed by atoms with Crippen LogP contribution in [0.5, 0.6) is 0 Å². The molecule has 2 rings (SSSR count). The molecule has 0 saturated carbocycles. The van der Waals surface area contributed by atoms with Gasteiger partial charge in [-0.2, -0.15) is 0 Å². The van der Waals surface area contributed by atoms with E-state index in [1.165, 1.54) is 0 Å². The van der Waals surface area contributed by atoms with Gasteiger partial charge in [0.05, 0.1) is 11.7 Å². The molecule has 0 spiro atoms. The van der Waals surface area contributed by atoms with Crippen molar-refractivity contribution in [3.05, 3.63) is 40.7 Å². The van der Waals surface area contributed by atoms with Crippen LogP contribution in [0, 0.1) is 0 Å². The lowest BCUT2D eigenvalue weighted by Gasteiger charge is -2.21. The van der Waals surface area contributed by atoms with Gasteiger partial charge >= 0.3 is 6.03 Å². The zero-order valence-corrected chi connectivity index (χ0v) is 13.5. The minimum absolute atomic E-state index is 0.0380. The number of amides is 2. The number of hydrogen-bond donors (Lipinski definition) is 1. The van der Waals surface area contributed by atoms with Crippen LogP contribution in [0.15, 0.2) is 35.7 Å². The molecule has 0 radical (unpaired) electrons. The largest absolute Gasteiger partial charge is 0.329 e. The van der Waals surface area contributed by atoms with Crippen molar-refractivity contribution in [1.29, 1.82) is 0 Å². The van der Waals surface area contributed by atoms with Crippen molar-refractivity contribution in [2.75, 3.05) is 13.1 Å². The average Bonchev–Trinajstić information content (AvgIpc) is 2.99. The van der Waals surface area contributed by atoms with Crippen molar-refractivity contribution in [3.63, 3.8) is 0 Å². The Morgan fingerprint density at radius 2 is 1.95 bits per heavy atom. The number of rotatable bonds is 5. The number of nitrogens with one attached hydrogen (secondary N) is 1. The van der Waals surface area contributed by atoms with E-state index in [1.807, 2.05) is 56.5 Å². The molecule has 0 aliphatic heterocycles. The first-order valence-corrected chi connectivity index (χ1v) is 8.10. The standard InChI is InChI=1S/C16H21N3OS/c1-4-19(5-2)16(20)17-12(3)15-18-14(11-21-15)13-9-7-6-8-10-13/h6-12H,4-5H2,1-3H3,(H,17,20). The summed E-state index contributed by atoms with van der Waals surface area (Å²) in [6.45, 7) is 7.34. The zero-order valence-electron chi connectivity index (χ0n) is 12.7. The van der Waals surface area contributed by atoms with Crippen molar-refractivity contribution >= 4 is 17.4 Å². The lowest BCUT2D eigenvalue weighted by Crippen LogP contribution is -2.40. The SMILES string of the molecule is CCN(CC)C(=O)NC(C)c1nc(-c2ccccc2)cs1. The maximum atomic E-state index is 12.1. The van der Waals surface area contributed by atoms with Gasteiger partial charge in [0, 0.05) is 24.0 Å². The second kappa shape index (κ2) is 7.22. The van der Waals surface area contributed by atoms with E-state index in [4.69, 9.17) is 0 Å². The second-order valence-electron chi connectivity index (χ2n) is 4.78. The van der Waals surface area contributed by atoms with E-state index in [9.17, 15) is 4.79 Å². The molecule has 0 bridgehead atoms. The summed E-state index contributed by atoms with van der Waals surface area (Å²) in [5.41, 5.74) is 2.06. The van der Waals surface area contributed by atoms with Crippen LogP contribution < -0.4 is 5.32 Å². The third-order valence-electron chi connectivity index (χ3n) is 3.35. The molecule has 4 nitrogen and oxygen atoms in total. The topological polar surface area (TPSA) is 45.2 Å². The van der Waals surface area contributed by atoms with E-state index in [1.54, 1.807) is 16.2 Å². The summed E-state index contributed by atoms with van der Waals surface area (Å²) < 4.78 is 0. The van der Waals surface area contributed by atoms with Gasteiger partial charge in [-0.05, 0) is 20.8 Å². The minimum atomic E-state index is -0.0828. The average molecular weight is 303 g/mol. The van der Waals surface area contributed by atoms with Crippen molar-refractivity contribution in [3.8, 4) is 11.3 Å². The van der Waals surface area contributed by atoms with Crippen molar-refractivity contribution in [1.82, 2.24) is 15.2 Å². The molecule has 5 heteroatoms. The minimum Gasteiger partial charge on any atom is -0.329 e. The third kappa shape index (κ3) is 3.82. The van der Waals surface area contributed by atoms with Gasteiger partial charge in [0.15, 0.2) is 0 Å². The van der Waals surface area contributed by atoms with E-state index in [2.05, 4.69) is 10.3 Å². The van der Waals surface area contributed by atoms with Crippen LogP contribution in [-0.4, -0.2) is 29.0 Å². The molecule has 0 fully saturated rings. The fourth-order valence-electron chi connectivity index (χ4n) is 2.08. The van der Waals surface area contributed by atoms with Gasteiger partial charge in [-0.1, -0.05) is 30.3 Å². The van der Waals surface area contributed by atoms with Crippen LogP contribution in [-0.2, 0) is 0 Å². The predicted octanol–water partition coefficient (Wildman–Crippen LogP) is 3.92. The maximum Gasteiger partial charge on any atom is 0.317 e. The van der Waals surface area contributed by atoms with Crippen LogP contribution in [0.2, 0.25) is 0 Å². The molecule has 1 N–H and O–H groups in total. The Hall–Kier alpha value is -1.88. The Balaban J connectivity index is 2.06. The molecule has 1 atom stereocenters. The van der Waals surface area contributed by atoms with Gasteiger partial charge in [0.2, 0.25) is 0 Å². The molecule has 21 heavy (non-hydrogen) atoms. The van der Waals surface area contributed by atoms with E-state index in [0.717, 1.165) is 16.3 Å². The molecule has 2 aromatic rings. The Kier molecular flexibility index (Phi) is 5.33. The summed E-state index contributed by atoms with van der Waals surface area (Å²) in [7, 11) is 0. The lowest BCUT2D eigenvalue weighted by molar-refractivity contribution is 0.200. The van der Waals surface area contributed by atoms with Gasteiger partial charge in [-0.15, -0.1) is 11.3 Å². The van der Waals surface area contributed by atoms with E-state index < -0.39 is 0 Å². The molecule has 1 heterocycles.